The van der Waals surface area contributed by atoms with Crippen molar-refractivity contribution in [3.05, 3.63) is 48.4 Å². The van der Waals surface area contributed by atoms with E-state index in [1.807, 2.05) is 31.4 Å². The van der Waals surface area contributed by atoms with Crippen LogP contribution in [0.25, 0.3) is 22.1 Å². The Balaban J connectivity index is 1.63. The van der Waals surface area contributed by atoms with E-state index in [1.54, 1.807) is 29.3 Å². The third kappa shape index (κ3) is 5.20. The van der Waals surface area contributed by atoms with E-state index in [9.17, 15) is 18.0 Å². The Labute approximate surface area is 226 Å². The van der Waals surface area contributed by atoms with E-state index in [0.29, 0.717) is 42.9 Å². The van der Waals surface area contributed by atoms with Gasteiger partial charge in [-0.1, -0.05) is 18.2 Å². The first-order chi connectivity index (χ1) is 18.5. The molecular weight excluding hydrogens is 520 g/mol. The van der Waals surface area contributed by atoms with Crippen molar-refractivity contribution in [3.8, 4) is 0 Å². The summed E-state index contributed by atoms with van der Waals surface area (Å²) >= 11 is 0. The summed E-state index contributed by atoms with van der Waals surface area (Å²) in [5.41, 5.74) is 0.719. The second-order valence-electron chi connectivity index (χ2n) is 10.7. The summed E-state index contributed by atoms with van der Waals surface area (Å²) in [5, 5.41) is 3.39. The van der Waals surface area contributed by atoms with Crippen LogP contribution in [0.3, 0.4) is 0 Å². The molecule has 2 amide bonds. The maximum atomic E-state index is 13.8. The highest BCUT2D eigenvalue weighted by molar-refractivity contribution is 7.91. The average molecular weight is 553 g/mol. The molecule has 0 saturated carbocycles. The Bertz CT molecular complexity index is 1640. The molecule has 0 unspecified atom stereocenters. The minimum absolute atomic E-state index is 0.0924. The first-order valence-electron chi connectivity index (χ1n) is 12.9. The third-order valence-electron chi connectivity index (χ3n) is 6.67. The third-order valence-corrected chi connectivity index (χ3v) is 8.35. The fourth-order valence-electron chi connectivity index (χ4n) is 4.94. The van der Waals surface area contributed by atoms with Gasteiger partial charge in [-0.25, -0.2) is 23.2 Å². The standard InChI is InChI=1S/C27H32N6O5S/c1-17(34)29-16-21-30-22-23(33(21)18-11-14-32(15-12-18)26(35)38-27(2,3)4)20-10-13-28-24(20)31-25(22)39(36,37)19-8-6-5-7-9-19/h5-10,13,18H,11-12,14-16H2,1-4H3,(H,28,31)(H,29,34). The van der Waals surface area contributed by atoms with E-state index < -0.39 is 15.4 Å². The molecule has 1 aliphatic rings. The van der Waals surface area contributed by atoms with E-state index in [1.165, 1.54) is 19.1 Å². The number of ether oxygens (including phenoxy) is 1. The fraction of sp³-hybridized carbons (Fsp3) is 0.407. The molecule has 0 aliphatic carbocycles. The van der Waals surface area contributed by atoms with E-state index in [0.717, 1.165) is 5.39 Å². The zero-order valence-corrected chi connectivity index (χ0v) is 23.2. The first kappa shape index (κ1) is 26.7. The molecule has 12 heteroatoms. The molecule has 0 radical (unpaired) electrons. The number of carbonyl (C=O) groups excluding carboxylic acids is 2. The van der Waals surface area contributed by atoms with Crippen molar-refractivity contribution in [2.24, 2.45) is 0 Å². The van der Waals surface area contributed by atoms with Crippen LogP contribution >= 0.6 is 0 Å². The minimum atomic E-state index is -4.00. The summed E-state index contributed by atoms with van der Waals surface area (Å²) in [7, 11) is -4.00. The van der Waals surface area contributed by atoms with E-state index in [4.69, 9.17) is 9.72 Å². The number of aromatic nitrogens is 4. The number of fused-ring (bicyclic) bond motifs is 3. The maximum absolute atomic E-state index is 13.8. The minimum Gasteiger partial charge on any atom is -0.444 e. The SMILES string of the molecule is CC(=O)NCc1nc2c(S(=O)(=O)c3ccccc3)nc3[nH]ccc3c2n1C1CCN(C(=O)OC(C)(C)C)CC1. The van der Waals surface area contributed by atoms with Crippen LogP contribution in [0.4, 0.5) is 4.79 Å². The summed E-state index contributed by atoms with van der Waals surface area (Å²) in [6.07, 6.45) is 2.56. The second-order valence-corrected chi connectivity index (χ2v) is 12.5. The summed E-state index contributed by atoms with van der Waals surface area (Å²) < 4.78 is 35.1. The number of hydrogen-bond donors (Lipinski definition) is 2. The largest absolute Gasteiger partial charge is 0.444 e. The molecule has 1 fully saturated rings. The summed E-state index contributed by atoms with van der Waals surface area (Å²) in [6, 6.07) is 9.89. The van der Waals surface area contributed by atoms with E-state index in [2.05, 4.69) is 15.3 Å². The normalized spacial score (nSPS) is 15.1. The maximum Gasteiger partial charge on any atom is 0.410 e. The number of nitrogens with one attached hydrogen (secondary N) is 2. The van der Waals surface area contributed by atoms with E-state index >= 15 is 0 Å². The van der Waals surface area contributed by atoms with Gasteiger partial charge in [0.25, 0.3) is 0 Å². The molecule has 5 rings (SSSR count). The van der Waals surface area contributed by atoms with Crippen molar-refractivity contribution in [3.63, 3.8) is 0 Å². The molecule has 0 atom stereocenters. The number of carbonyl (C=O) groups is 2. The van der Waals surface area contributed by atoms with Gasteiger partial charge in [0.05, 0.1) is 17.0 Å². The Morgan fingerprint density at radius 1 is 1.10 bits per heavy atom. The van der Waals surface area contributed by atoms with Crippen molar-refractivity contribution in [1.82, 2.24) is 29.7 Å². The number of H-pyrrole nitrogens is 1. The number of piperidine rings is 1. The number of amides is 2. The lowest BCUT2D eigenvalue weighted by molar-refractivity contribution is -0.119. The first-order valence-corrected chi connectivity index (χ1v) is 14.3. The van der Waals surface area contributed by atoms with Crippen molar-refractivity contribution in [2.75, 3.05) is 13.1 Å². The number of hydrogen-bond acceptors (Lipinski definition) is 7. The molecule has 0 spiro atoms. The molecular formula is C27H32N6O5S. The van der Waals surface area contributed by atoms with Gasteiger partial charge in [-0.15, -0.1) is 0 Å². The lowest BCUT2D eigenvalue weighted by Crippen LogP contribution is -2.42. The molecule has 1 saturated heterocycles. The Morgan fingerprint density at radius 2 is 1.79 bits per heavy atom. The number of nitrogens with zero attached hydrogens (tertiary/aromatic N) is 4. The van der Waals surface area contributed by atoms with Crippen molar-refractivity contribution in [1.29, 1.82) is 0 Å². The Kier molecular flexibility index (Phi) is 6.83. The highest BCUT2D eigenvalue weighted by Gasteiger charge is 2.33. The van der Waals surface area contributed by atoms with Gasteiger partial charge in [0.2, 0.25) is 15.7 Å². The van der Waals surface area contributed by atoms with Gasteiger partial charge in [-0.2, -0.15) is 0 Å². The molecule has 1 aliphatic heterocycles. The molecule has 4 aromatic rings. The van der Waals surface area contributed by atoms with Gasteiger partial charge in [0.1, 0.15) is 22.6 Å². The van der Waals surface area contributed by atoms with Crippen molar-refractivity contribution in [2.45, 2.75) is 68.6 Å². The van der Waals surface area contributed by atoms with Crippen LogP contribution in [0.5, 0.6) is 0 Å². The lowest BCUT2D eigenvalue weighted by atomic mass is 10.0. The van der Waals surface area contributed by atoms with Gasteiger partial charge >= 0.3 is 6.09 Å². The average Bonchev–Trinajstić information content (AvgIpc) is 3.51. The molecule has 2 N–H and O–H groups in total. The number of aromatic amines is 1. The van der Waals surface area contributed by atoms with Gasteiger partial charge < -0.3 is 24.5 Å². The number of rotatable bonds is 5. The summed E-state index contributed by atoms with van der Waals surface area (Å²) in [4.78, 5) is 38.6. The van der Waals surface area contributed by atoms with Gasteiger partial charge in [0, 0.05) is 37.6 Å². The molecule has 39 heavy (non-hydrogen) atoms. The smallest absolute Gasteiger partial charge is 0.410 e. The van der Waals surface area contributed by atoms with Gasteiger partial charge in [-0.05, 0) is 51.8 Å². The number of likely N-dealkylation sites (tertiary alicyclic amines) is 1. The lowest BCUT2D eigenvalue weighted by Gasteiger charge is -2.34. The zero-order valence-electron chi connectivity index (χ0n) is 22.4. The van der Waals surface area contributed by atoms with Crippen LogP contribution in [-0.2, 0) is 25.9 Å². The monoisotopic (exact) mass is 552 g/mol. The van der Waals surface area contributed by atoms with E-state index in [-0.39, 0.29) is 40.0 Å². The molecule has 206 valence electrons. The van der Waals surface area contributed by atoms with Crippen LogP contribution in [0.1, 0.15) is 52.4 Å². The number of sulfone groups is 1. The second kappa shape index (κ2) is 9.99. The highest BCUT2D eigenvalue weighted by atomic mass is 32.2. The number of benzene rings is 1. The molecule has 11 nitrogen and oxygen atoms in total. The van der Waals surface area contributed by atoms with Crippen molar-refractivity contribution < 1.29 is 22.7 Å². The predicted octanol–water partition coefficient (Wildman–Crippen LogP) is 3.95. The molecule has 3 aromatic heterocycles. The zero-order chi connectivity index (χ0) is 27.9. The highest BCUT2D eigenvalue weighted by Crippen LogP contribution is 2.36. The Morgan fingerprint density at radius 3 is 2.44 bits per heavy atom. The fourth-order valence-corrected chi connectivity index (χ4v) is 6.28. The van der Waals surface area contributed by atoms with Crippen molar-refractivity contribution >= 4 is 43.9 Å². The van der Waals surface area contributed by atoms with Gasteiger partial charge in [0.15, 0.2) is 5.03 Å². The van der Waals surface area contributed by atoms with Crippen LogP contribution < -0.4 is 5.32 Å². The Hall–Kier alpha value is -3.93. The van der Waals surface area contributed by atoms with Crippen LogP contribution in [0.15, 0.2) is 52.5 Å². The van der Waals surface area contributed by atoms with Gasteiger partial charge in [-0.3, -0.25) is 4.79 Å². The molecule has 1 aromatic carbocycles. The number of pyridine rings is 1. The summed E-state index contributed by atoms with van der Waals surface area (Å²) in [6.45, 7) is 7.98. The van der Waals surface area contributed by atoms with Crippen LogP contribution in [0, 0.1) is 0 Å². The summed E-state index contributed by atoms with van der Waals surface area (Å²) in [5.74, 6) is 0.298. The molecule has 0 bridgehead atoms. The topological polar surface area (TPSA) is 139 Å². The molecule has 4 heterocycles. The van der Waals surface area contributed by atoms with Crippen LogP contribution in [-0.4, -0.2) is 63.5 Å². The predicted molar refractivity (Wildman–Crippen MR) is 145 cm³/mol. The quantitative estimate of drug-likeness (QED) is 0.382. The van der Waals surface area contributed by atoms with Crippen LogP contribution in [0.2, 0.25) is 0 Å². The number of imidazole rings is 1.